The van der Waals surface area contributed by atoms with Gasteiger partial charge in [0.15, 0.2) is 14.4 Å². The topological polar surface area (TPSA) is 124 Å². The summed E-state index contributed by atoms with van der Waals surface area (Å²) in [5, 5.41) is 14.7. The second-order valence-electron chi connectivity index (χ2n) is 17.6. The predicted molar refractivity (Wildman–Crippen MR) is 228 cm³/mol. The van der Waals surface area contributed by atoms with Gasteiger partial charge < -0.3 is 34.0 Å². The van der Waals surface area contributed by atoms with Crippen molar-refractivity contribution in [3.8, 4) is 0 Å². The summed E-state index contributed by atoms with van der Waals surface area (Å²) in [5.41, 5.74) is 0.906. The average molecular weight is 803 g/mol. The number of aliphatic hydroxyl groups is 1. The number of likely N-dealkylation sites (N-methyl/N-ethyl adjacent to an activating group) is 1. The van der Waals surface area contributed by atoms with E-state index in [1.807, 2.05) is 42.5 Å². The molecule has 11 heteroatoms. The minimum atomic E-state index is -2.40. The average Bonchev–Trinajstić information content (AvgIpc) is 3.26. The predicted octanol–water partition coefficient (Wildman–Crippen LogP) is 8.90. The van der Waals surface area contributed by atoms with Crippen molar-refractivity contribution >= 4 is 26.1 Å². The number of amides is 2. The smallest absolute Gasteiger partial charge is 0.306 e. The quantitative estimate of drug-likeness (QED) is 0.0412. The lowest BCUT2D eigenvalue weighted by Gasteiger charge is -2.42. The molecule has 1 aliphatic heterocycles. The van der Waals surface area contributed by atoms with Crippen LogP contribution >= 0.6 is 0 Å². The van der Waals surface area contributed by atoms with Crippen LogP contribution in [0.1, 0.15) is 137 Å². The molecule has 2 amide bonds. The number of hydrogen-bond donors (Lipinski definition) is 2. The number of allylic oxidation sites excluding steroid dienone is 1. The second kappa shape index (κ2) is 25.7. The molecule has 1 aliphatic rings. The van der Waals surface area contributed by atoms with Crippen molar-refractivity contribution in [3.05, 3.63) is 48.0 Å². The number of nitrogens with one attached hydrogen (secondary N) is 1. The van der Waals surface area contributed by atoms with E-state index in [1.165, 1.54) is 63.4 Å². The fourth-order valence-corrected chi connectivity index (χ4v) is 7.93. The van der Waals surface area contributed by atoms with Gasteiger partial charge in [-0.05, 0) is 48.9 Å². The zero-order valence-electron chi connectivity index (χ0n) is 36.6. The normalized spacial score (nSPS) is 19.1. The number of ether oxygens (including phenoxy) is 3. The summed E-state index contributed by atoms with van der Waals surface area (Å²) < 4.78 is 24.8. The Morgan fingerprint density at radius 1 is 0.946 bits per heavy atom. The van der Waals surface area contributed by atoms with E-state index < -0.39 is 50.8 Å². The van der Waals surface area contributed by atoms with E-state index in [9.17, 15) is 19.5 Å². The highest BCUT2D eigenvalue weighted by atomic mass is 28.4. The molecule has 1 saturated heterocycles. The highest BCUT2D eigenvalue weighted by molar-refractivity contribution is 6.74. The fraction of sp³-hybridized carbons (Fsp3) is 0.756. The van der Waals surface area contributed by atoms with E-state index in [1.54, 1.807) is 7.05 Å². The number of nitrogens with zero attached hydrogens (tertiary/aromatic N) is 1. The first-order valence-electron chi connectivity index (χ1n) is 21.5. The first-order valence-corrected chi connectivity index (χ1v) is 24.4. The molecule has 0 aromatic heterocycles. The zero-order valence-corrected chi connectivity index (χ0v) is 37.6. The molecular formula is C45H78N2O8Si. The van der Waals surface area contributed by atoms with Crippen LogP contribution in [0.25, 0.3) is 0 Å². The van der Waals surface area contributed by atoms with Crippen molar-refractivity contribution < 1.29 is 38.1 Å². The van der Waals surface area contributed by atoms with Crippen molar-refractivity contribution in [1.82, 2.24) is 10.2 Å². The molecule has 2 N–H and O–H groups in total. The maximum absolute atomic E-state index is 13.9. The lowest BCUT2D eigenvalue weighted by Crippen LogP contribution is -2.57. The highest BCUT2D eigenvalue weighted by Crippen LogP contribution is 2.38. The van der Waals surface area contributed by atoms with Crippen LogP contribution < -0.4 is 5.32 Å². The van der Waals surface area contributed by atoms with Gasteiger partial charge in [0.1, 0.15) is 24.4 Å². The van der Waals surface area contributed by atoms with E-state index in [0.717, 1.165) is 24.8 Å². The lowest BCUT2D eigenvalue weighted by atomic mass is 9.99. The molecular weight excluding hydrogens is 725 g/mol. The molecule has 1 fully saturated rings. The molecule has 1 aromatic carbocycles. The Hall–Kier alpha value is -2.57. The van der Waals surface area contributed by atoms with Crippen LogP contribution in [0, 0.1) is 5.92 Å². The van der Waals surface area contributed by atoms with Crippen LogP contribution in [-0.2, 0) is 39.6 Å². The van der Waals surface area contributed by atoms with Crippen LogP contribution in [0.5, 0.6) is 0 Å². The van der Waals surface area contributed by atoms with E-state index >= 15 is 0 Å². The van der Waals surface area contributed by atoms with Gasteiger partial charge in [0, 0.05) is 20.6 Å². The number of hydrogen-bond acceptors (Lipinski definition) is 8. The molecule has 0 radical (unpaired) electrons. The van der Waals surface area contributed by atoms with Gasteiger partial charge in [0.05, 0.1) is 19.3 Å². The van der Waals surface area contributed by atoms with Crippen molar-refractivity contribution in [2.24, 2.45) is 5.92 Å². The number of carbonyl (C=O) groups is 3. The van der Waals surface area contributed by atoms with Gasteiger partial charge in [-0.15, -0.1) is 0 Å². The molecule has 320 valence electrons. The third-order valence-electron chi connectivity index (χ3n) is 11.2. The summed E-state index contributed by atoms with van der Waals surface area (Å²) in [6.45, 7) is 17.5. The third-order valence-corrected chi connectivity index (χ3v) is 15.7. The highest BCUT2D eigenvalue weighted by Gasteiger charge is 2.45. The first kappa shape index (κ1) is 49.6. The van der Waals surface area contributed by atoms with E-state index in [-0.39, 0.29) is 42.4 Å². The van der Waals surface area contributed by atoms with Crippen molar-refractivity contribution in [3.63, 3.8) is 0 Å². The summed E-state index contributed by atoms with van der Waals surface area (Å²) in [7, 11) is 0.617. The summed E-state index contributed by atoms with van der Waals surface area (Å²) >= 11 is 0. The largest absolute Gasteiger partial charge is 0.460 e. The summed E-state index contributed by atoms with van der Waals surface area (Å²) in [4.78, 5) is 41.7. The summed E-state index contributed by atoms with van der Waals surface area (Å²) in [6, 6.07) is 8.77. The van der Waals surface area contributed by atoms with Crippen LogP contribution in [0.4, 0.5) is 0 Å². The molecule has 2 rings (SSSR count). The van der Waals surface area contributed by atoms with Gasteiger partial charge in [0.2, 0.25) is 5.91 Å². The van der Waals surface area contributed by atoms with E-state index in [2.05, 4.69) is 60.0 Å². The van der Waals surface area contributed by atoms with Crippen LogP contribution in [0.2, 0.25) is 18.1 Å². The Kier molecular flexibility index (Phi) is 22.8. The van der Waals surface area contributed by atoms with Gasteiger partial charge >= 0.3 is 5.97 Å². The van der Waals surface area contributed by atoms with Crippen LogP contribution in [-0.4, -0.2) is 93.4 Å². The second-order valence-corrected chi connectivity index (χ2v) is 22.4. The minimum absolute atomic E-state index is 0.130. The number of benzene rings is 1. The number of esters is 1. The Morgan fingerprint density at radius 3 is 2.09 bits per heavy atom. The number of unbranched alkanes of at least 4 members (excludes halogenated alkanes) is 10. The van der Waals surface area contributed by atoms with Crippen molar-refractivity contribution in [1.29, 1.82) is 0 Å². The Labute approximate surface area is 341 Å². The Balaban J connectivity index is 2.08. The van der Waals surface area contributed by atoms with Gasteiger partial charge in [-0.2, -0.15) is 0 Å². The lowest BCUT2D eigenvalue weighted by molar-refractivity contribution is -0.158. The van der Waals surface area contributed by atoms with Gasteiger partial charge in [-0.3, -0.25) is 14.4 Å². The number of aliphatic hydroxyl groups excluding tert-OH is 1. The maximum atomic E-state index is 13.9. The molecule has 56 heavy (non-hydrogen) atoms. The molecule has 1 aromatic rings. The zero-order chi connectivity index (χ0) is 41.7. The molecule has 0 unspecified atom stereocenters. The summed E-state index contributed by atoms with van der Waals surface area (Å²) in [5.74, 6) is -0.965. The third kappa shape index (κ3) is 17.9. The fourth-order valence-electron chi connectivity index (χ4n) is 6.68. The van der Waals surface area contributed by atoms with Crippen LogP contribution in [0.15, 0.2) is 42.5 Å². The van der Waals surface area contributed by atoms with Gasteiger partial charge in [-0.25, -0.2) is 0 Å². The van der Waals surface area contributed by atoms with Crippen molar-refractivity contribution in [2.45, 2.75) is 193 Å². The molecule has 0 saturated carbocycles. The molecule has 0 aliphatic carbocycles. The molecule has 0 bridgehead atoms. The van der Waals surface area contributed by atoms with Crippen molar-refractivity contribution in [2.75, 3.05) is 20.7 Å². The van der Waals surface area contributed by atoms with E-state index in [4.69, 9.17) is 18.6 Å². The number of methoxy groups -OCH3 is 1. The molecule has 0 spiro atoms. The van der Waals surface area contributed by atoms with Gasteiger partial charge in [0.25, 0.3) is 5.91 Å². The number of carbonyl (C=O) groups excluding carboxylic acids is 3. The first-order chi connectivity index (χ1) is 26.5. The van der Waals surface area contributed by atoms with Gasteiger partial charge in [-0.1, -0.05) is 148 Å². The molecule has 10 nitrogen and oxygen atoms in total. The number of likely N-dealkylation sites (tertiary alicyclic amines) is 1. The van der Waals surface area contributed by atoms with Crippen LogP contribution in [0.3, 0.4) is 0 Å². The summed E-state index contributed by atoms with van der Waals surface area (Å²) in [6.07, 6.45) is 13.3. The monoisotopic (exact) mass is 803 g/mol. The molecule has 1 heterocycles. The minimum Gasteiger partial charge on any atom is -0.460 e. The Morgan fingerprint density at radius 2 is 1.54 bits per heavy atom. The van der Waals surface area contributed by atoms with E-state index in [0.29, 0.717) is 12.8 Å². The SMILES string of the molecule is CCCCCCCCCCCCCC(=O)O[C@H]1CC[C@H](NC(=O)[C@H](OC)[C@@H](O)[C@@H](OCc2ccccc2)[C@@H](/C=C/C(C)C)O[Si](C)(C)C(C)(C)C)C(=O)N(C)C1. The number of rotatable bonds is 26. The maximum Gasteiger partial charge on any atom is 0.306 e. The molecule has 6 atom stereocenters. The Bertz CT molecular complexity index is 1300. The standard InChI is InChI=1S/C45H78N2O8Si/c1-11-12-13-14-15-16-17-18-19-20-24-27-39(48)54-36-29-30-37(44(51)47(7)32-36)46-43(50)42(52-8)40(49)41(53-33-35-25-22-21-23-26-35)38(31-28-34(2)3)55-56(9,10)45(4,5)6/h21-23,25-26,28,31,34,36-38,40-42,49H,11-20,24,27,29-30,32-33H2,1-10H3,(H,46,50)/b31-28+/t36-,37-,38+,40-,41-,42+/m0/s1.